The second kappa shape index (κ2) is 10.3. The van der Waals surface area contributed by atoms with Crippen LogP contribution >= 0.6 is 0 Å². The molecule has 1 atom stereocenters. The Kier molecular flexibility index (Phi) is 6.37. The molecule has 0 N–H and O–H groups in total. The van der Waals surface area contributed by atoms with Gasteiger partial charge in [-0.15, -0.1) is 6.58 Å². The Hall–Kier alpha value is -4.82. The van der Waals surface area contributed by atoms with E-state index >= 15 is 0 Å². The first-order valence-corrected chi connectivity index (χ1v) is 12.9. The van der Waals surface area contributed by atoms with Crippen LogP contribution < -0.4 is 0 Å². The zero-order chi connectivity index (χ0) is 25.9. The molecule has 0 aliphatic rings. The first-order chi connectivity index (χ1) is 18.7. The maximum atomic E-state index is 4.96. The molecule has 0 saturated heterocycles. The van der Waals surface area contributed by atoms with Crippen molar-refractivity contribution < 1.29 is 0 Å². The molecule has 0 fully saturated rings. The molecule has 0 bridgehead atoms. The average Bonchev–Trinajstić information content (AvgIpc) is 3.01. The lowest BCUT2D eigenvalue weighted by Crippen LogP contribution is -1.95. The first kappa shape index (κ1) is 23.6. The van der Waals surface area contributed by atoms with Crippen LogP contribution in [0.5, 0.6) is 0 Å². The molecule has 2 nitrogen and oxygen atoms in total. The summed E-state index contributed by atoms with van der Waals surface area (Å²) in [7, 11) is 0. The van der Waals surface area contributed by atoms with Crippen LogP contribution in [-0.2, 0) is 0 Å². The number of aromatic nitrogens is 2. The third-order valence-corrected chi connectivity index (χ3v) is 7.09. The van der Waals surface area contributed by atoms with Crippen LogP contribution in [0.25, 0.3) is 55.8 Å². The van der Waals surface area contributed by atoms with Gasteiger partial charge in [0, 0.05) is 16.7 Å². The number of fused-ring (bicyclic) bond motifs is 1. The maximum absolute atomic E-state index is 4.96. The summed E-state index contributed by atoms with van der Waals surface area (Å²) in [6.07, 6.45) is 1.99. The molecule has 0 radical (unpaired) electrons. The van der Waals surface area contributed by atoms with Gasteiger partial charge < -0.3 is 0 Å². The summed E-state index contributed by atoms with van der Waals surface area (Å²) in [5.41, 5.74) is 8.61. The van der Waals surface area contributed by atoms with Crippen LogP contribution in [0, 0.1) is 0 Å². The van der Waals surface area contributed by atoms with Crippen molar-refractivity contribution in [2.45, 2.75) is 12.8 Å². The highest BCUT2D eigenvalue weighted by atomic mass is 14.9. The molecule has 1 heterocycles. The van der Waals surface area contributed by atoms with Gasteiger partial charge in [0.05, 0.1) is 11.4 Å². The standard InChI is InChI=1S/C36H28N2/c1-3-25(2)31-20-16-27-17-21-32(23-33(27)22-31)26-14-18-30(19-15-26)36-37-34(28-10-6-4-7-11-28)24-35(38-36)29-12-8-5-9-13-29/h3-25H,1H2,2H3. The van der Waals surface area contributed by atoms with Crippen molar-refractivity contribution in [2.75, 3.05) is 0 Å². The van der Waals surface area contributed by atoms with Crippen LogP contribution in [0.15, 0.2) is 140 Å². The van der Waals surface area contributed by atoms with Gasteiger partial charge in [0.15, 0.2) is 5.82 Å². The lowest BCUT2D eigenvalue weighted by molar-refractivity contribution is 0.974. The van der Waals surface area contributed by atoms with Gasteiger partial charge in [-0.3, -0.25) is 0 Å². The van der Waals surface area contributed by atoms with E-state index in [-0.39, 0.29) is 0 Å². The molecule has 1 unspecified atom stereocenters. The summed E-state index contributed by atoms with van der Waals surface area (Å²) in [6, 6.07) is 44.5. The van der Waals surface area contributed by atoms with Crippen LogP contribution in [-0.4, -0.2) is 9.97 Å². The lowest BCUT2D eigenvalue weighted by Gasteiger charge is -2.11. The zero-order valence-corrected chi connectivity index (χ0v) is 21.4. The molecule has 0 saturated carbocycles. The van der Waals surface area contributed by atoms with Gasteiger partial charge in [0.25, 0.3) is 0 Å². The van der Waals surface area contributed by atoms with E-state index in [0.717, 1.165) is 33.9 Å². The predicted octanol–water partition coefficient (Wildman–Crippen LogP) is 9.59. The molecule has 2 heteroatoms. The fraction of sp³-hybridized carbons (Fsp3) is 0.0556. The molecule has 38 heavy (non-hydrogen) atoms. The van der Waals surface area contributed by atoms with Crippen molar-refractivity contribution >= 4 is 10.8 Å². The fourth-order valence-electron chi connectivity index (χ4n) is 4.77. The van der Waals surface area contributed by atoms with Gasteiger partial charge in [-0.2, -0.15) is 0 Å². The summed E-state index contributed by atoms with van der Waals surface area (Å²) in [5.74, 6) is 1.05. The van der Waals surface area contributed by atoms with E-state index in [1.165, 1.54) is 27.5 Å². The molecule has 0 aliphatic carbocycles. The van der Waals surface area contributed by atoms with Gasteiger partial charge in [-0.1, -0.05) is 128 Å². The summed E-state index contributed by atoms with van der Waals surface area (Å²) >= 11 is 0. The van der Waals surface area contributed by atoms with Crippen molar-refractivity contribution in [3.05, 3.63) is 146 Å². The molecule has 0 spiro atoms. The van der Waals surface area contributed by atoms with Gasteiger partial charge in [-0.25, -0.2) is 9.97 Å². The van der Waals surface area contributed by atoms with E-state index in [9.17, 15) is 0 Å². The molecule has 0 aliphatic heterocycles. The van der Waals surface area contributed by atoms with Crippen LogP contribution in [0.4, 0.5) is 0 Å². The fourth-order valence-corrected chi connectivity index (χ4v) is 4.77. The SMILES string of the molecule is C=CC(C)c1ccc2ccc(-c3ccc(-c4nc(-c5ccccc5)cc(-c5ccccc5)n4)cc3)cc2c1. The van der Waals surface area contributed by atoms with Gasteiger partial charge >= 0.3 is 0 Å². The molecule has 5 aromatic carbocycles. The highest BCUT2D eigenvalue weighted by Crippen LogP contribution is 2.31. The van der Waals surface area contributed by atoms with E-state index in [1.54, 1.807) is 0 Å². The quantitative estimate of drug-likeness (QED) is 0.218. The van der Waals surface area contributed by atoms with Crippen LogP contribution in [0.1, 0.15) is 18.4 Å². The molecule has 0 amide bonds. The molecule has 6 rings (SSSR count). The third-order valence-electron chi connectivity index (χ3n) is 7.09. The Balaban J connectivity index is 1.38. The minimum Gasteiger partial charge on any atom is -0.228 e. The number of hydrogen-bond acceptors (Lipinski definition) is 2. The largest absolute Gasteiger partial charge is 0.228 e. The van der Waals surface area contributed by atoms with Gasteiger partial charge in [-0.05, 0) is 45.5 Å². The molecule has 1 aromatic heterocycles. The van der Waals surface area contributed by atoms with Crippen LogP contribution in [0.2, 0.25) is 0 Å². The van der Waals surface area contributed by atoms with Gasteiger partial charge in [0.1, 0.15) is 0 Å². The number of nitrogens with zero attached hydrogens (tertiary/aromatic N) is 2. The Morgan fingerprint density at radius 2 is 1.08 bits per heavy atom. The number of rotatable bonds is 6. The minimum absolute atomic E-state index is 0.328. The molecular weight excluding hydrogens is 460 g/mol. The molecule has 182 valence electrons. The van der Waals surface area contributed by atoms with E-state index in [0.29, 0.717) is 5.92 Å². The van der Waals surface area contributed by atoms with Crippen molar-refractivity contribution in [3.63, 3.8) is 0 Å². The van der Waals surface area contributed by atoms with E-state index < -0.39 is 0 Å². The summed E-state index contributed by atoms with van der Waals surface area (Å²) < 4.78 is 0. The highest BCUT2D eigenvalue weighted by molar-refractivity contribution is 5.88. The summed E-state index contributed by atoms with van der Waals surface area (Å²) in [5, 5.41) is 2.48. The van der Waals surface area contributed by atoms with Crippen molar-refractivity contribution in [3.8, 4) is 45.0 Å². The predicted molar refractivity (Wildman–Crippen MR) is 160 cm³/mol. The second-order valence-electron chi connectivity index (χ2n) is 9.62. The Bertz CT molecular complexity index is 1660. The van der Waals surface area contributed by atoms with Crippen molar-refractivity contribution in [1.82, 2.24) is 9.97 Å². The normalized spacial score (nSPS) is 11.8. The summed E-state index contributed by atoms with van der Waals surface area (Å²) in [4.78, 5) is 9.92. The van der Waals surface area contributed by atoms with E-state index in [1.807, 2.05) is 42.5 Å². The number of hydrogen-bond donors (Lipinski definition) is 0. The topological polar surface area (TPSA) is 25.8 Å². The molecular formula is C36H28N2. The van der Waals surface area contributed by atoms with E-state index in [2.05, 4.69) is 104 Å². The lowest BCUT2D eigenvalue weighted by atomic mass is 9.95. The van der Waals surface area contributed by atoms with E-state index in [4.69, 9.17) is 9.97 Å². The van der Waals surface area contributed by atoms with Crippen molar-refractivity contribution in [1.29, 1.82) is 0 Å². The number of allylic oxidation sites excluding steroid dienone is 1. The Morgan fingerprint density at radius 3 is 1.68 bits per heavy atom. The highest BCUT2D eigenvalue weighted by Gasteiger charge is 2.11. The second-order valence-corrected chi connectivity index (χ2v) is 9.62. The monoisotopic (exact) mass is 488 g/mol. The van der Waals surface area contributed by atoms with Crippen molar-refractivity contribution in [2.24, 2.45) is 0 Å². The van der Waals surface area contributed by atoms with Gasteiger partial charge in [0.2, 0.25) is 0 Å². The third kappa shape index (κ3) is 4.77. The Labute approximate surface area is 224 Å². The number of benzene rings is 5. The smallest absolute Gasteiger partial charge is 0.160 e. The first-order valence-electron chi connectivity index (χ1n) is 12.9. The minimum atomic E-state index is 0.328. The maximum Gasteiger partial charge on any atom is 0.160 e. The summed E-state index contributed by atoms with van der Waals surface area (Å²) in [6.45, 7) is 6.13. The zero-order valence-electron chi connectivity index (χ0n) is 21.4. The average molecular weight is 489 g/mol. The van der Waals surface area contributed by atoms with Crippen LogP contribution in [0.3, 0.4) is 0 Å². The molecule has 6 aromatic rings. The Morgan fingerprint density at radius 1 is 0.526 bits per heavy atom.